The van der Waals surface area contributed by atoms with Crippen LogP contribution in [0.15, 0.2) is 4.90 Å². The fourth-order valence-corrected chi connectivity index (χ4v) is 3.89. The van der Waals surface area contributed by atoms with Gasteiger partial charge in [-0.3, -0.25) is 4.68 Å². The van der Waals surface area contributed by atoms with Crippen LogP contribution in [0, 0.1) is 19.8 Å². The molecule has 2 rings (SSSR count). The molecule has 1 fully saturated rings. The van der Waals surface area contributed by atoms with Gasteiger partial charge in [0.1, 0.15) is 4.90 Å². The van der Waals surface area contributed by atoms with Crippen molar-refractivity contribution in [3.05, 3.63) is 11.4 Å². The first-order valence-corrected chi connectivity index (χ1v) is 9.06. The zero-order valence-corrected chi connectivity index (χ0v) is 14.1. The zero-order valence-electron chi connectivity index (χ0n) is 13.3. The van der Waals surface area contributed by atoms with Gasteiger partial charge >= 0.3 is 0 Å². The first kappa shape index (κ1) is 16.5. The summed E-state index contributed by atoms with van der Waals surface area (Å²) in [5.74, 6) is 0.519. The van der Waals surface area contributed by atoms with Crippen molar-refractivity contribution >= 4 is 10.0 Å². The smallest absolute Gasteiger partial charge is 0.244 e. The van der Waals surface area contributed by atoms with E-state index in [4.69, 9.17) is 0 Å². The summed E-state index contributed by atoms with van der Waals surface area (Å²) >= 11 is 0. The summed E-state index contributed by atoms with van der Waals surface area (Å²) in [4.78, 5) is 0.340. The van der Waals surface area contributed by atoms with Crippen LogP contribution < -0.4 is 10.0 Å². The normalized spacial score (nSPS) is 15.9. The van der Waals surface area contributed by atoms with Gasteiger partial charge in [0.15, 0.2) is 0 Å². The van der Waals surface area contributed by atoms with Crippen molar-refractivity contribution in [2.24, 2.45) is 5.92 Å². The second kappa shape index (κ2) is 6.46. The first-order valence-electron chi connectivity index (χ1n) is 7.58. The number of hydrogen-bond acceptors (Lipinski definition) is 4. The quantitative estimate of drug-likeness (QED) is 0.755. The third-order valence-corrected chi connectivity index (χ3v) is 5.39. The number of aryl methyl sites for hydroxylation is 1. The highest BCUT2D eigenvalue weighted by atomic mass is 32.2. The summed E-state index contributed by atoms with van der Waals surface area (Å²) in [5, 5.41) is 7.68. The number of rotatable bonds is 8. The first-order chi connectivity index (χ1) is 9.81. The molecule has 1 aliphatic carbocycles. The number of hydrogen-bond donors (Lipinski definition) is 2. The number of sulfonamides is 1. The Kier molecular flexibility index (Phi) is 5.06. The third kappa shape index (κ3) is 4.28. The van der Waals surface area contributed by atoms with Gasteiger partial charge in [-0.05, 0) is 32.6 Å². The fourth-order valence-electron chi connectivity index (χ4n) is 2.37. The van der Waals surface area contributed by atoms with Gasteiger partial charge < -0.3 is 5.32 Å². The monoisotopic (exact) mass is 314 g/mol. The molecule has 21 heavy (non-hydrogen) atoms. The lowest BCUT2D eigenvalue weighted by Gasteiger charge is -2.10. The number of aromatic nitrogens is 2. The van der Waals surface area contributed by atoms with E-state index >= 15 is 0 Å². The largest absolute Gasteiger partial charge is 0.313 e. The van der Waals surface area contributed by atoms with E-state index in [0.29, 0.717) is 41.3 Å². The van der Waals surface area contributed by atoms with Crippen LogP contribution in [0.25, 0.3) is 0 Å². The van der Waals surface area contributed by atoms with E-state index in [1.165, 1.54) is 0 Å². The van der Waals surface area contributed by atoms with Crippen LogP contribution in [0.4, 0.5) is 0 Å². The summed E-state index contributed by atoms with van der Waals surface area (Å²) < 4.78 is 29.3. The van der Waals surface area contributed by atoms with Crippen LogP contribution in [0.2, 0.25) is 0 Å². The van der Waals surface area contributed by atoms with Gasteiger partial charge in [-0.25, -0.2) is 13.1 Å². The molecule has 0 atom stereocenters. The minimum absolute atomic E-state index is 0.340. The molecule has 0 spiro atoms. The molecule has 0 unspecified atom stereocenters. The van der Waals surface area contributed by atoms with Crippen molar-refractivity contribution in [1.29, 1.82) is 0 Å². The Labute approximate surface area is 127 Å². The molecule has 120 valence electrons. The van der Waals surface area contributed by atoms with Gasteiger partial charge in [0.05, 0.1) is 17.9 Å². The maximum absolute atomic E-state index is 12.4. The molecule has 1 aliphatic rings. The van der Waals surface area contributed by atoms with Crippen LogP contribution in [0.3, 0.4) is 0 Å². The van der Waals surface area contributed by atoms with Crippen molar-refractivity contribution in [3.8, 4) is 0 Å². The lowest BCUT2D eigenvalue weighted by molar-refractivity contribution is 0.506. The lowest BCUT2D eigenvalue weighted by atomic mass is 10.4. The molecule has 1 saturated carbocycles. The molecule has 2 N–H and O–H groups in total. The predicted molar refractivity (Wildman–Crippen MR) is 82.8 cm³/mol. The molecule has 0 aliphatic heterocycles. The highest BCUT2D eigenvalue weighted by Crippen LogP contribution is 2.28. The van der Waals surface area contributed by atoms with E-state index in [1.807, 2.05) is 6.92 Å². The van der Waals surface area contributed by atoms with E-state index in [9.17, 15) is 8.42 Å². The Morgan fingerprint density at radius 1 is 1.33 bits per heavy atom. The summed E-state index contributed by atoms with van der Waals surface area (Å²) in [6, 6.07) is 0.408. The molecule has 1 aromatic rings. The van der Waals surface area contributed by atoms with Crippen LogP contribution in [-0.4, -0.2) is 37.3 Å². The van der Waals surface area contributed by atoms with Crippen LogP contribution in [-0.2, 0) is 16.6 Å². The molecule has 6 nitrogen and oxygen atoms in total. The van der Waals surface area contributed by atoms with Crippen molar-refractivity contribution in [3.63, 3.8) is 0 Å². The van der Waals surface area contributed by atoms with Crippen LogP contribution >= 0.6 is 0 Å². The molecule has 7 heteroatoms. The number of nitrogens with one attached hydrogen (secondary N) is 2. The SMILES string of the molecule is Cc1nn(CCNC(C)C)c(C)c1S(=O)(=O)NCC1CC1. The molecule has 1 aromatic heterocycles. The average Bonchev–Trinajstić information content (AvgIpc) is 3.14. The predicted octanol–water partition coefficient (Wildman–Crippen LogP) is 1.19. The topological polar surface area (TPSA) is 76.0 Å². The fraction of sp³-hybridized carbons (Fsp3) is 0.786. The molecule has 0 aromatic carbocycles. The Morgan fingerprint density at radius 2 is 2.00 bits per heavy atom. The van der Waals surface area contributed by atoms with Gasteiger partial charge in [-0.2, -0.15) is 5.10 Å². The van der Waals surface area contributed by atoms with Crippen molar-refractivity contribution in [2.75, 3.05) is 13.1 Å². The van der Waals surface area contributed by atoms with Crippen molar-refractivity contribution in [2.45, 2.75) is 58.0 Å². The van der Waals surface area contributed by atoms with E-state index in [1.54, 1.807) is 11.6 Å². The molecule has 1 heterocycles. The molecular formula is C14H26N4O2S. The van der Waals surface area contributed by atoms with Crippen molar-refractivity contribution < 1.29 is 8.42 Å². The van der Waals surface area contributed by atoms with E-state index < -0.39 is 10.0 Å². The number of nitrogens with zero attached hydrogens (tertiary/aromatic N) is 2. The molecule has 0 saturated heterocycles. The van der Waals surface area contributed by atoms with Crippen LogP contribution in [0.1, 0.15) is 38.1 Å². The third-order valence-electron chi connectivity index (χ3n) is 3.72. The Bertz CT molecular complexity index is 588. The second-order valence-corrected chi connectivity index (χ2v) is 7.83. The minimum atomic E-state index is -3.45. The Morgan fingerprint density at radius 3 is 2.57 bits per heavy atom. The average molecular weight is 314 g/mol. The molecular weight excluding hydrogens is 288 g/mol. The Hall–Kier alpha value is -0.920. The van der Waals surface area contributed by atoms with Gasteiger partial charge in [-0.1, -0.05) is 13.8 Å². The summed E-state index contributed by atoms with van der Waals surface area (Å²) in [6.07, 6.45) is 2.25. The maximum Gasteiger partial charge on any atom is 0.244 e. The van der Waals surface area contributed by atoms with Gasteiger partial charge in [0.25, 0.3) is 0 Å². The van der Waals surface area contributed by atoms with Crippen LogP contribution in [0.5, 0.6) is 0 Å². The Balaban J connectivity index is 2.09. The molecule has 0 amide bonds. The highest BCUT2D eigenvalue weighted by molar-refractivity contribution is 7.89. The lowest BCUT2D eigenvalue weighted by Crippen LogP contribution is -2.28. The second-order valence-electron chi connectivity index (χ2n) is 6.13. The van der Waals surface area contributed by atoms with E-state index in [-0.39, 0.29) is 0 Å². The molecule has 0 radical (unpaired) electrons. The van der Waals surface area contributed by atoms with Gasteiger partial charge in [-0.15, -0.1) is 0 Å². The maximum atomic E-state index is 12.4. The minimum Gasteiger partial charge on any atom is -0.313 e. The van der Waals surface area contributed by atoms with E-state index in [0.717, 1.165) is 19.4 Å². The zero-order chi connectivity index (χ0) is 15.6. The summed E-state index contributed by atoms with van der Waals surface area (Å²) in [6.45, 7) is 9.73. The highest BCUT2D eigenvalue weighted by Gasteiger charge is 2.28. The van der Waals surface area contributed by atoms with Gasteiger partial charge in [0.2, 0.25) is 10.0 Å². The molecule has 0 bridgehead atoms. The van der Waals surface area contributed by atoms with Gasteiger partial charge in [0, 0.05) is 19.1 Å². The summed E-state index contributed by atoms with van der Waals surface area (Å²) in [7, 11) is -3.45. The summed E-state index contributed by atoms with van der Waals surface area (Å²) in [5.41, 5.74) is 1.28. The van der Waals surface area contributed by atoms with Crippen molar-refractivity contribution in [1.82, 2.24) is 19.8 Å². The standard InChI is InChI=1S/C14H26N4O2S/c1-10(2)15-7-8-18-12(4)14(11(3)17-18)21(19,20)16-9-13-5-6-13/h10,13,15-16H,5-9H2,1-4H3. The van der Waals surface area contributed by atoms with E-state index in [2.05, 4.69) is 29.0 Å².